The van der Waals surface area contributed by atoms with Crippen molar-refractivity contribution in [3.8, 4) is 0 Å². The third kappa shape index (κ3) is 3.05. The second kappa shape index (κ2) is 7.17. The number of hydrogen-bond donors (Lipinski definition) is 0. The van der Waals surface area contributed by atoms with Gasteiger partial charge in [0, 0.05) is 43.1 Å². The van der Waals surface area contributed by atoms with Gasteiger partial charge in [0.05, 0.1) is 11.4 Å². The smallest absolute Gasteiger partial charge is 0.229 e. The van der Waals surface area contributed by atoms with Crippen molar-refractivity contribution >= 4 is 34.4 Å². The molecule has 7 heteroatoms. The molecule has 2 aliphatic rings. The highest BCUT2D eigenvalue weighted by Crippen LogP contribution is 2.40. The summed E-state index contributed by atoms with van der Waals surface area (Å²) in [6.07, 6.45) is 6.67. The molecule has 0 saturated carbocycles. The van der Waals surface area contributed by atoms with Crippen molar-refractivity contribution < 1.29 is 0 Å². The van der Waals surface area contributed by atoms with Crippen LogP contribution in [0.25, 0.3) is 11.0 Å². The van der Waals surface area contributed by atoms with Crippen molar-refractivity contribution in [3.63, 3.8) is 0 Å². The lowest BCUT2D eigenvalue weighted by molar-refractivity contribution is 0.458. The lowest BCUT2D eigenvalue weighted by Crippen LogP contribution is -2.42. The van der Waals surface area contributed by atoms with E-state index in [4.69, 9.17) is 21.6 Å². The second-order valence-corrected chi connectivity index (χ2v) is 8.18. The number of alkyl halides is 1. The summed E-state index contributed by atoms with van der Waals surface area (Å²) in [5.74, 6) is 1.74. The van der Waals surface area contributed by atoms with Crippen LogP contribution in [-0.4, -0.2) is 44.9 Å². The highest BCUT2D eigenvalue weighted by atomic mass is 35.5. The number of rotatable bonds is 3. The second-order valence-electron chi connectivity index (χ2n) is 7.56. The molecule has 5 rings (SSSR count). The zero-order chi connectivity index (χ0) is 19.1. The molecule has 0 aliphatic carbocycles. The third-order valence-electron chi connectivity index (χ3n) is 5.85. The van der Waals surface area contributed by atoms with Gasteiger partial charge in [0.25, 0.3) is 0 Å². The Kier molecular flexibility index (Phi) is 4.51. The van der Waals surface area contributed by atoms with Crippen molar-refractivity contribution in [1.29, 1.82) is 0 Å². The Bertz CT molecular complexity index is 1000. The first-order chi connectivity index (χ1) is 13.7. The first kappa shape index (κ1) is 17.6. The van der Waals surface area contributed by atoms with Crippen LogP contribution in [0.5, 0.6) is 0 Å². The van der Waals surface area contributed by atoms with Gasteiger partial charge in [0.2, 0.25) is 5.95 Å². The van der Waals surface area contributed by atoms with Crippen LogP contribution >= 0.6 is 11.6 Å². The summed E-state index contributed by atoms with van der Waals surface area (Å²) in [6, 6.07) is 8.51. The SMILES string of the molecule is Cc1ncccc1C1CCN1c1nc(N2CCC(Cl)CC2)nc2ncccc12. The fourth-order valence-electron chi connectivity index (χ4n) is 4.16. The first-order valence-corrected chi connectivity index (χ1v) is 10.3. The summed E-state index contributed by atoms with van der Waals surface area (Å²) in [6.45, 7) is 4.82. The Labute approximate surface area is 169 Å². The summed E-state index contributed by atoms with van der Waals surface area (Å²) in [5.41, 5.74) is 3.11. The predicted octanol–water partition coefficient (Wildman–Crippen LogP) is 3.89. The number of piperidine rings is 1. The number of halogens is 1. The molecule has 1 unspecified atom stereocenters. The van der Waals surface area contributed by atoms with Crippen molar-refractivity contribution in [1.82, 2.24) is 19.9 Å². The zero-order valence-electron chi connectivity index (χ0n) is 15.9. The minimum atomic E-state index is 0.252. The van der Waals surface area contributed by atoms with Crippen molar-refractivity contribution in [2.75, 3.05) is 29.4 Å². The molecule has 5 heterocycles. The number of hydrogen-bond acceptors (Lipinski definition) is 6. The van der Waals surface area contributed by atoms with E-state index in [1.54, 1.807) is 6.20 Å². The van der Waals surface area contributed by atoms with E-state index in [1.165, 1.54) is 5.56 Å². The summed E-state index contributed by atoms with van der Waals surface area (Å²) >= 11 is 6.29. The maximum Gasteiger partial charge on any atom is 0.229 e. The van der Waals surface area contributed by atoms with E-state index in [0.29, 0.717) is 6.04 Å². The molecule has 0 radical (unpaired) electrons. The van der Waals surface area contributed by atoms with Crippen LogP contribution in [0.15, 0.2) is 36.7 Å². The van der Waals surface area contributed by atoms with Crippen LogP contribution in [0.4, 0.5) is 11.8 Å². The van der Waals surface area contributed by atoms with Crippen LogP contribution in [0.1, 0.15) is 36.6 Å². The number of aromatic nitrogens is 4. The minimum Gasteiger partial charge on any atom is -0.349 e. The number of fused-ring (bicyclic) bond motifs is 1. The summed E-state index contributed by atoms with van der Waals surface area (Å²) < 4.78 is 0. The molecule has 0 amide bonds. The molecule has 0 N–H and O–H groups in total. The molecule has 6 nitrogen and oxygen atoms in total. The Morgan fingerprint density at radius 3 is 2.50 bits per heavy atom. The molecule has 2 aliphatic heterocycles. The maximum atomic E-state index is 6.29. The van der Waals surface area contributed by atoms with Crippen LogP contribution in [0.3, 0.4) is 0 Å². The van der Waals surface area contributed by atoms with Crippen LogP contribution in [0, 0.1) is 6.92 Å². The van der Waals surface area contributed by atoms with Crippen molar-refractivity contribution in [3.05, 3.63) is 47.9 Å². The lowest BCUT2D eigenvalue weighted by Gasteiger charge is -2.43. The molecular weight excluding hydrogens is 372 g/mol. The summed E-state index contributed by atoms with van der Waals surface area (Å²) in [7, 11) is 0. The fourth-order valence-corrected chi connectivity index (χ4v) is 4.35. The van der Waals surface area contributed by atoms with Gasteiger partial charge in [-0.2, -0.15) is 9.97 Å². The molecular formula is C21H23ClN6. The summed E-state index contributed by atoms with van der Waals surface area (Å²) in [4.78, 5) is 23.4. The molecule has 3 aromatic rings. The molecule has 2 saturated heterocycles. The topological polar surface area (TPSA) is 58.0 Å². The summed E-state index contributed by atoms with van der Waals surface area (Å²) in [5, 5.41) is 1.26. The van der Waals surface area contributed by atoms with Crippen LogP contribution < -0.4 is 9.80 Å². The van der Waals surface area contributed by atoms with E-state index < -0.39 is 0 Å². The van der Waals surface area contributed by atoms with Gasteiger partial charge in [-0.3, -0.25) is 4.98 Å². The molecule has 0 aromatic carbocycles. The average Bonchev–Trinajstić information content (AvgIpc) is 2.69. The Balaban J connectivity index is 1.56. The van der Waals surface area contributed by atoms with Gasteiger partial charge in [0.15, 0.2) is 5.65 Å². The van der Waals surface area contributed by atoms with E-state index in [0.717, 1.165) is 67.4 Å². The van der Waals surface area contributed by atoms with E-state index in [-0.39, 0.29) is 5.38 Å². The van der Waals surface area contributed by atoms with E-state index >= 15 is 0 Å². The number of aryl methyl sites for hydroxylation is 1. The number of pyridine rings is 2. The maximum absolute atomic E-state index is 6.29. The Hall–Kier alpha value is -2.47. The zero-order valence-corrected chi connectivity index (χ0v) is 16.7. The molecule has 0 bridgehead atoms. The van der Waals surface area contributed by atoms with Crippen LogP contribution in [0.2, 0.25) is 0 Å². The highest BCUT2D eigenvalue weighted by Gasteiger charge is 2.34. The third-order valence-corrected chi connectivity index (χ3v) is 6.28. The van der Waals surface area contributed by atoms with Gasteiger partial charge in [-0.25, -0.2) is 4.98 Å². The first-order valence-electron chi connectivity index (χ1n) is 9.90. The number of nitrogens with zero attached hydrogens (tertiary/aromatic N) is 6. The quantitative estimate of drug-likeness (QED) is 0.628. The van der Waals surface area contributed by atoms with E-state index in [2.05, 4.69) is 38.8 Å². The largest absolute Gasteiger partial charge is 0.349 e. The van der Waals surface area contributed by atoms with E-state index in [9.17, 15) is 0 Å². The molecule has 2 fully saturated rings. The van der Waals surface area contributed by atoms with Crippen molar-refractivity contribution in [2.45, 2.75) is 37.6 Å². The monoisotopic (exact) mass is 394 g/mol. The Morgan fingerprint density at radius 1 is 0.964 bits per heavy atom. The van der Waals surface area contributed by atoms with Crippen LogP contribution in [-0.2, 0) is 0 Å². The standard InChI is InChI=1S/C21H23ClN6/c1-14-16(4-2-9-23-14)18-8-13-28(18)20-17-5-3-10-24-19(17)25-21(26-20)27-11-6-15(22)7-12-27/h2-5,9-10,15,18H,6-8,11-13H2,1H3. The van der Waals surface area contributed by atoms with Gasteiger partial charge < -0.3 is 9.80 Å². The Morgan fingerprint density at radius 2 is 1.75 bits per heavy atom. The van der Waals surface area contributed by atoms with Gasteiger partial charge in [-0.05, 0) is 49.9 Å². The molecule has 3 aromatic heterocycles. The molecule has 28 heavy (non-hydrogen) atoms. The molecule has 0 spiro atoms. The molecule has 144 valence electrons. The van der Waals surface area contributed by atoms with Crippen molar-refractivity contribution in [2.24, 2.45) is 0 Å². The van der Waals surface area contributed by atoms with Gasteiger partial charge in [-0.15, -0.1) is 11.6 Å². The van der Waals surface area contributed by atoms with Gasteiger partial charge in [0.1, 0.15) is 5.82 Å². The normalized spacial score (nSPS) is 20.4. The average molecular weight is 395 g/mol. The van der Waals surface area contributed by atoms with Gasteiger partial charge >= 0.3 is 0 Å². The highest BCUT2D eigenvalue weighted by molar-refractivity contribution is 6.20. The minimum absolute atomic E-state index is 0.252. The molecule has 1 atom stereocenters. The number of anilines is 2. The lowest BCUT2D eigenvalue weighted by atomic mass is 9.93. The fraction of sp³-hybridized carbons (Fsp3) is 0.429. The predicted molar refractivity (Wildman–Crippen MR) is 112 cm³/mol. The van der Waals surface area contributed by atoms with E-state index in [1.807, 2.05) is 18.3 Å². The van der Waals surface area contributed by atoms with Gasteiger partial charge in [-0.1, -0.05) is 6.07 Å².